The number of nitro benzene ring substituents is 1. The molecule has 0 aromatic heterocycles. The number of aryl methyl sites for hydroxylation is 1. The number of nitro groups is 1. The Morgan fingerprint density at radius 3 is 2.75 bits per heavy atom. The molecule has 1 N–H and O–H groups in total. The lowest BCUT2D eigenvalue weighted by Gasteiger charge is -2.09. The molecule has 0 bridgehead atoms. The normalized spacial score (nSPS) is 10.3. The molecule has 6 heteroatoms. The predicted octanol–water partition coefficient (Wildman–Crippen LogP) is 3.95. The highest BCUT2D eigenvalue weighted by molar-refractivity contribution is 9.10. The summed E-state index contributed by atoms with van der Waals surface area (Å²) in [7, 11) is 0. The van der Waals surface area contributed by atoms with Gasteiger partial charge < -0.3 is 9.84 Å². The van der Waals surface area contributed by atoms with Crippen molar-refractivity contribution in [3.8, 4) is 11.5 Å². The Bertz CT molecular complexity index is 637. The van der Waals surface area contributed by atoms with E-state index in [4.69, 9.17) is 4.74 Å². The van der Waals surface area contributed by atoms with Crippen molar-refractivity contribution in [3.63, 3.8) is 0 Å². The summed E-state index contributed by atoms with van der Waals surface area (Å²) < 4.78 is 5.96. The van der Waals surface area contributed by atoms with Crippen LogP contribution in [0.5, 0.6) is 11.5 Å². The van der Waals surface area contributed by atoms with Gasteiger partial charge in [-0.2, -0.15) is 0 Å². The van der Waals surface area contributed by atoms with Gasteiger partial charge in [0.05, 0.1) is 4.92 Å². The van der Waals surface area contributed by atoms with Crippen molar-refractivity contribution in [2.45, 2.75) is 13.5 Å². The number of nitrogens with zero attached hydrogens (tertiary/aromatic N) is 1. The van der Waals surface area contributed by atoms with Gasteiger partial charge in [-0.1, -0.05) is 12.1 Å². The Balaban J connectivity index is 2.19. The van der Waals surface area contributed by atoms with Crippen LogP contribution in [0.1, 0.15) is 11.1 Å². The summed E-state index contributed by atoms with van der Waals surface area (Å²) in [6, 6.07) is 9.67. The van der Waals surface area contributed by atoms with Gasteiger partial charge in [0.2, 0.25) is 0 Å². The second-order valence-corrected chi connectivity index (χ2v) is 5.09. The van der Waals surface area contributed by atoms with E-state index in [2.05, 4.69) is 15.9 Å². The van der Waals surface area contributed by atoms with Crippen LogP contribution in [-0.2, 0) is 6.61 Å². The summed E-state index contributed by atoms with van der Waals surface area (Å²) in [4.78, 5) is 10.4. The molecule has 104 valence electrons. The lowest BCUT2D eigenvalue weighted by atomic mass is 10.2. The standard InChI is InChI=1S/C14H12BrNO4/c1-9-5-11(17)7-12(6-9)20-8-10-3-2-4-13(14(10)15)16(18)19/h2-7,17H,8H2,1H3. The first-order valence-electron chi connectivity index (χ1n) is 5.82. The Hall–Kier alpha value is -2.08. The van der Waals surface area contributed by atoms with Gasteiger partial charge in [0.1, 0.15) is 22.6 Å². The van der Waals surface area contributed by atoms with Crippen LogP contribution in [0.15, 0.2) is 40.9 Å². The summed E-state index contributed by atoms with van der Waals surface area (Å²) in [5, 5.41) is 20.3. The summed E-state index contributed by atoms with van der Waals surface area (Å²) in [5.74, 6) is 0.638. The summed E-state index contributed by atoms with van der Waals surface area (Å²) in [6.07, 6.45) is 0. The summed E-state index contributed by atoms with van der Waals surface area (Å²) in [6.45, 7) is 2.01. The molecule has 0 aliphatic carbocycles. The van der Waals surface area contributed by atoms with E-state index in [1.165, 1.54) is 12.1 Å². The van der Waals surface area contributed by atoms with Crippen molar-refractivity contribution in [1.82, 2.24) is 0 Å². The molecular weight excluding hydrogens is 326 g/mol. The third-order valence-electron chi connectivity index (χ3n) is 2.68. The first-order valence-corrected chi connectivity index (χ1v) is 6.62. The van der Waals surface area contributed by atoms with Crippen LogP contribution in [0.3, 0.4) is 0 Å². The van der Waals surface area contributed by atoms with E-state index in [1.807, 2.05) is 6.92 Å². The Morgan fingerprint density at radius 1 is 1.35 bits per heavy atom. The lowest BCUT2D eigenvalue weighted by molar-refractivity contribution is -0.385. The first kappa shape index (κ1) is 14.3. The fraction of sp³-hybridized carbons (Fsp3) is 0.143. The third-order valence-corrected chi connectivity index (χ3v) is 3.60. The molecule has 0 fully saturated rings. The molecule has 0 aliphatic rings. The van der Waals surface area contributed by atoms with Crippen molar-refractivity contribution in [3.05, 3.63) is 62.1 Å². The summed E-state index contributed by atoms with van der Waals surface area (Å²) in [5.41, 5.74) is 1.54. The Labute approximate surface area is 124 Å². The van der Waals surface area contributed by atoms with E-state index in [1.54, 1.807) is 24.3 Å². The number of aromatic hydroxyl groups is 1. The number of hydrogen-bond acceptors (Lipinski definition) is 4. The van der Waals surface area contributed by atoms with Crippen molar-refractivity contribution in [2.24, 2.45) is 0 Å². The minimum atomic E-state index is -0.452. The number of phenols is 1. The molecule has 2 rings (SSSR count). The molecule has 0 atom stereocenters. The van der Waals surface area contributed by atoms with Gasteiger partial charge in [0.25, 0.3) is 5.69 Å². The minimum absolute atomic E-state index is 0.00168. The van der Waals surface area contributed by atoms with Gasteiger partial charge >= 0.3 is 0 Å². The zero-order valence-corrected chi connectivity index (χ0v) is 12.3. The number of halogens is 1. The predicted molar refractivity (Wildman–Crippen MR) is 78.0 cm³/mol. The van der Waals surface area contributed by atoms with E-state index in [0.29, 0.717) is 15.8 Å². The molecule has 2 aromatic rings. The van der Waals surface area contributed by atoms with Crippen LogP contribution in [-0.4, -0.2) is 10.0 Å². The van der Waals surface area contributed by atoms with E-state index >= 15 is 0 Å². The third kappa shape index (κ3) is 3.27. The molecule has 0 aliphatic heterocycles. The molecule has 0 saturated heterocycles. The number of phenolic OH excluding ortho intramolecular Hbond substituents is 1. The quantitative estimate of drug-likeness (QED) is 0.677. The van der Waals surface area contributed by atoms with E-state index in [9.17, 15) is 15.2 Å². The maximum absolute atomic E-state index is 10.8. The molecule has 2 aromatic carbocycles. The molecule has 0 saturated carbocycles. The second kappa shape index (κ2) is 5.92. The average molecular weight is 338 g/mol. The maximum Gasteiger partial charge on any atom is 0.283 e. The number of hydrogen-bond donors (Lipinski definition) is 1. The molecule has 0 spiro atoms. The molecule has 0 amide bonds. The van der Waals surface area contributed by atoms with Crippen LogP contribution >= 0.6 is 15.9 Å². The van der Waals surface area contributed by atoms with Gasteiger partial charge in [-0.3, -0.25) is 10.1 Å². The van der Waals surface area contributed by atoms with Crippen LogP contribution in [0.4, 0.5) is 5.69 Å². The molecule has 20 heavy (non-hydrogen) atoms. The molecule has 0 heterocycles. The highest BCUT2D eigenvalue weighted by Gasteiger charge is 2.15. The second-order valence-electron chi connectivity index (χ2n) is 4.30. The summed E-state index contributed by atoms with van der Waals surface area (Å²) >= 11 is 3.21. The zero-order valence-electron chi connectivity index (χ0n) is 10.7. The molecule has 0 unspecified atom stereocenters. The Morgan fingerprint density at radius 2 is 2.10 bits per heavy atom. The monoisotopic (exact) mass is 337 g/mol. The average Bonchev–Trinajstić information content (AvgIpc) is 2.36. The minimum Gasteiger partial charge on any atom is -0.508 e. The fourth-order valence-corrected chi connectivity index (χ4v) is 2.32. The highest BCUT2D eigenvalue weighted by atomic mass is 79.9. The smallest absolute Gasteiger partial charge is 0.283 e. The molecular formula is C14H12BrNO4. The van der Waals surface area contributed by atoms with Gasteiger partial charge in [0.15, 0.2) is 0 Å². The van der Waals surface area contributed by atoms with Gasteiger partial charge in [-0.05, 0) is 40.5 Å². The van der Waals surface area contributed by atoms with Crippen molar-refractivity contribution >= 4 is 21.6 Å². The van der Waals surface area contributed by atoms with Crippen molar-refractivity contribution in [1.29, 1.82) is 0 Å². The van der Waals surface area contributed by atoms with Crippen LogP contribution < -0.4 is 4.74 Å². The number of benzene rings is 2. The first-order chi connectivity index (χ1) is 9.47. The van der Waals surface area contributed by atoms with Gasteiger partial charge in [-0.15, -0.1) is 0 Å². The highest BCUT2D eigenvalue weighted by Crippen LogP contribution is 2.29. The van der Waals surface area contributed by atoms with Crippen molar-refractivity contribution in [2.75, 3.05) is 0 Å². The molecule has 0 radical (unpaired) electrons. The lowest BCUT2D eigenvalue weighted by Crippen LogP contribution is -1.99. The van der Waals surface area contributed by atoms with Crippen LogP contribution in [0.25, 0.3) is 0 Å². The zero-order chi connectivity index (χ0) is 14.7. The van der Waals surface area contributed by atoms with E-state index < -0.39 is 4.92 Å². The van der Waals surface area contributed by atoms with E-state index in [0.717, 1.165) is 5.56 Å². The SMILES string of the molecule is Cc1cc(O)cc(OCc2cccc([N+](=O)[O-])c2Br)c1. The van der Waals surface area contributed by atoms with Crippen LogP contribution in [0, 0.1) is 17.0 Å². The largest absolute Gasteiger partial charge is 0.508 e. The van der Waals surface area contributed by atoms with Crippen molar-refractivity contribution < 1.29 is 14.8 Å². The van der Waals surface area contributed by atoms with Gasteiger partial charge in [0, 0.05) is 17.7 Å². The Kier molecular flexibility index (Phi) is 4.24. The molecule has 5 nitrogen and oxygen atoms in total. The number of rotatable bonds is 4. The topological polar surface area (TPSA) is 72.6 Å². The maximum atomic E-state index is 10.8. The van der Waals surface area contributed by atoms with Gasteiger partial charge in [-0.25, -0.2) is 0 Å². The van der Waals surface area contributed by atoms with Crippen LogP contribution in [0.2, 0.25) is 0 Å². The number of ether oxygens (including phenoxy) is 1. The van der Waals surface area contributed by atoms with E-state index in [-0.39, 0.29) is 18.0 Å². The fourth-order valence-electron chi connectivity index (χ4n) is 1.79.